The lowest BCUT2D eigenvalue weighted by Gasteiger charge is -2.19. The minimum atomic E-state index is -0.347. The molecule has 0 fully saturated rings. The summed E-state index contributed by atoms with van der Waals surface area (Å²) in [6.45, 7) is 5.85. The number of aryl methyl sites for hydroxylation is 2. The van der Waals surface area contributed by atoms with E-state index in [-0.39, 0.29) is 12.5 Å². The number of nitrogens with one attached hydrogen (secondary N) is 1. The molecule has 1 rings (SSSR count). The molecule has 0 aromatic carbocycles. The molecule has 0 aliphatic heterocycles. The fraction of sp³-hybridized carbons (Fsp3) is 0.636. The summed E-state index contributed by atoms with van der Waals surface area (Å²) >= 11 is 0. The maximum Gasteiger partial charge on any atom is 0.236 e. The molecular weight excluding hydrogens is 218 g/mol. The third kappa shape index (κ3) is 3.20. The fourth-order valence-corrected chi connectivity index (χ4v) is 1.93. The van der Waals surface area contributed by atoms with Gasteiger partial charge in [0.15, 0.2) is 0 Å². The Morgan fingerprint density at radius 3 is 2.76 bits per heavy atom. The van der Waals surface area contributed by atoms with Gasteiger partial charge in [0, 0.05) is 26.2 Å². The van der Waals surface area contributed by atoms with Gasteiger partial charge in [0.2, 0.25) is 5.91 Å². The second kappa shape index (κ2) is 5.67. The van der Waals surface area contributed by atoms with Crippen LogP contribution in [0.4, 0.5) is 5.82 Å². The van der Waals surface area contributed by atoms with Gasteiger partial charge in [0.25, 0.3) is 0 Å². The number of likely N-dealkylation sites (N-methyl/N-ethyl adjacent to an activating group) is 1. The van der Waals surface area contributed by atoms with Gasteiger partial charge < -0.3 is 16.0 Å². The number of rotatable bonds is 6. The van der Waals surface area contributed by atoms with E-state index in [2.05, 4.69) is 17.3 Å². The van der Waals surface area contributed by atoms with Crippen LogP contribution in [0, 0.1) is 6.92 Å². The molecule has 1 aromatic rings. The largest absolute Gasteiger partial charge is 0.368 e. The highest BCUT2D eigenvalue weighted by molar-refractivity contribution is 5.79. The van der Waals surface area contributed by atoms with Crippen molar-refractivity contribution in [3.8, 4) is 0 Å². The van der Waals surface area contributed by atoms with E-state index in [1.807, 2.05) is 25.9 Å². The van der Waals surface area contributed by atoms with Crippen molar-refractivity contribution in [2.75, 3.05) is 25.0 Å². The molecule has 0 aliphatic rings. The van der Waals surface area contributed by atoms with Crippen molar-refractivity contribution in [3.05, 3.63) is 11.3 Å². The van der Waals surface area contributed by atoms with Gasteiger partial charge in [0.1, 0.15) is 5.82 Å². The number of anilines is 1. The highest BCUT2D eigenvalue weighted by atomic mass is 16.1. The molecule has 1 heterocycles. The summed E-state index contributed by atoms with van der Waals surface area (Å²) in [5, 5.41) is 7.65. The third-order valence-electron chi connectivity index (χ3n) is 2.62. The van der Waals surface area contributed by atoms with Crippen LogP contribution in [0.15, 0.2) is 0 Å². The molecule has 0 bridgehead atoms. The Morgan fingerprint density at radius 1 is 1.59 bits per heavy atom. The number of aromatic nitrogens is 2. The Morgan fingerprint density at radius 2 is 2.24 bits per heavy atom. The quantitative estimate of drug-likeness (QED) is 0.718. The van der Waals surface area contributed by atoms with Crippen molar-refractivity contribution >= 4 is 11.7 Å². The lowest BCUT2D eigenvalue weighted by Crippen LogP contribution is -2.32. The highest BCUT2D eigenvalue weighted by Gasteiger charge is 2.17. The molecule has 6 heteroatoms. The first-order chi connectivity index (χ1) is 7.97. The molecule has 0 atom stereocenters. The molecule has 6 nitrogen and oxygen atoms in total. The highest BCUT2D eigenvalue weighted by Crippen LogP contribution is 2.21. The number of carbonyl (C=O) groups is 1. The van der Waals surface area contributed by atoms with E-state index in [0.29, 0.717) is 0 Å². The second-order valence-electron chi connectivity index (χ2n) is 4.11. The van der Waals surface area contributed by atoms with E-state index in [1.54, 1.807) is 4.68 Å². The smallest absolute Gasteiger partial charge is 0.236 e. The van der Waals surface area contributed by atoms with E-state index in [9.17, 15) is 4.79 Å². The third-order valence-corrected chi connectivity index (χ3v) is 2.62. The monoisotopic (exact) mass is 239 g/mol. The summed E-state index contributed by atoms with van der Waals surface area (Å²) in [4.78, 5) is 12.8. The number of carbonyl (C=O) groups excluding carboxylic acids is 1. The molecule has 0 saturated carbocycles. The van der Waals surface area contributed by atoms with Crippen molar-refractivity contribution in [1.29, 1.82) is 0 Å². The van der Waals surface area contributed by atoms with E-state index in [1.165, 1.54) is 0 Å². The number of primary amides is 1. The topological polar surface area (TPSA) is 76.2 Å². The second-order valence-corrected chi connectivity index (χ2v) is 4.11. The van der Waals surface area contributed by atoms with Gasteiger partial charge in [-0.2, -0.15) is 5.10 Å². The summed E-state index contributed by atoms with van der Waals surface area (Å²) in [6, 6.07) is 0. The van der Waals surface area contributed by atoms with Crippen molar-refractivity contribution < 1.29 is 4.79 Å². The van der Waals surface area contributed by atoms with E-state index >= 15 is 0 Å². The maximum atomic E-state index is 11.0. The van der Waals surface area contributed by atoms with Gasteiger partial charge in [0.05, 0.1) is 12.2 Å². The Hall–Kier alpha value is -1.56. The van der Waals surface area contributed by atoms with Crippen LogP contribution >= 0.6 is 0 Å². The zero-order valence-corrected chi connectivity index (χ0v) is 10.9. The van der Waals surface area contributed by atoms with Crippen LogP contribution in [0.25, 0.3) is 0 Å². The molecule has 0 unspecified atom stereocenters. The van der Waals surface area contributed by atoms with Crippen molar-refractivity contribution in [1.82, 2.24) is 15.1 Å². The summed E-state index contributed by atoms with van der Waals surface area (Å²) in [6.07, 6.45) is 0. The number of amides is 1. The molecule has 96 valence electrons. The van der Waals surface area contributed by atoms with Crippen molar-refractivity contribution in [2.24, 2.45) is 12.8 Å². The summed E-state index contributed by atoms with van der Waals surface area (Å²) in [5.41, 5.74) is 7.29. The maximum absolute atomic E-state index is 11.0. The summed E-state index contributed by atoms with van der Waals surface area (Å²) in [7, 11) is 3.71. The Balaban J connectivity index is 2.99. The molecule has 1 aromatic heterocycles. The minimum absolute atomic E-state index is 0.193. The van der Waals surface area contributed by atoms with Gasteiger partial charge >= 0.3 is 0 Å². The number of nitrogens with zero attached hydrogens (tertiary/aromatic N) is 3. The van der Waals surface area contributed by atoms with E-state index in [4.69, 9.17) is 5.73 Å². The van der Waals surface area contributed by atoms with Crippen LogP contribution in [0.2, 0.25) is 0 Å². The van der Waals surface area contributed by atoms with E-state index in [0.717, 1.165) is 30.2 Å². The van der Waals surface area contributed by atoms with Crippen molar-refractivity contribution in [2.45, 2.75) is 20.4 Å². The van der Waals surface area contributed by atoms with Gasteiger partial charge in [-0.3, -0.25) is 9.48 Å². The van der Waals surface area contributed by atoms with Crippen LogP contribution in [-0.2, 0) is 18.4 Å². The van der Waals surface area contributed by atoms with Crippen LogP contribution in [0.3, 0.4) is 0 Å². The zero-order chi connectivity index (χ0) is 13.0. The fourth-order valence-electron chi connectivity index (χ4n) is 1.93. The minimum Gasteiger partial charge on any atom is -0.368 e. The molecule has 3 N–H and O–H groups in total. The molecule has 0 saturated heterocycles. The first-order valence-corrected chi connectivity index (χ1v) is 5.70. The molecule has 1 amide bonds. The lowest BCUT2D eigenvalue weighted by molar-refractivity contribution is -0.116. The number of hydrogen-bond donors (Lipinski definition) is 2. The first-order valence-electron chi connectivity index (χ1n) is 5.70. The summed E-state index contributed by atoms with van der Waals surface area (Å²) < 4.78 is 1.78. The van der Waals surface area contributed by atoms with Crippen LogP contribution in [0.5, 0.6) is 0 Å². The molecule has 17 heavy (non-hydrogen) atoms. The molecule has 0 spiro atoms. The molecule has 0 radical (unpaired) electrons. The SMILES string of the molecule is CCNCc1c(C)nn(C)c1N(C)CC(N)=O. The lowest BCUT2D eigenvalue weighted by atomic mass is 10.2. The Labute approximate surface area is 102 Å². The first kappa shape index (κ1) is 13.5. The summed E-state index contributed by atoms with van der Waals surface area (Å²) in [5.74, 6) is 0.586. The average molecular weight is 239 g/mol. The number of hydrogen-bond acceptors (Lipinski definition) is 4. The Bertz CT molecular complexity index is 399. The predicted octanol–water partition coefficient (Wildman–Crippen LogP) is -0.240. The number of nitrogens with two attached hydrogens (primary N) is 1. The van der Waals surface area contributed by atoms with Crippen LogP contribution in [0.1, 0.15) is 18.2 Å². The van der Waals surface area contributed by atoms with Crippen LogP contribution < -0.4 is 16.0 Å². The van der Waals surface area contributed by atoms with Gasteiger partial charge in [-0.05, 0) is 13.5 Å². The van der Waals surface area contributed by atoms with Gasteiger partial charge in [-0.15, -0.1) is 0 Å². The average Bonchev–Trinajstić information content (AvgIpc) is 2.49. The van der Waals surface area contributed by atoms with Crippen molar-refractivity contribution in [3.63, 3.8) is 0 Å². The molecular formula is C11H21N5O. The normalized spacial score (nSPS) is 10.6. The Kier molecular flexibility index (Phi) is 4.51. The predicted molar refractivity (Wildman–Crippen MR) is 67.8 cm³/mol. The van der Waals surface area contributed by atoms with Crippen LogP contribution in [-0.4, -0.2) is 35.8 Å². The molecule has 0 aliphatic carbocycles. The van der Waals surface area contributed by atoms with Gasteiger partial charge in [-0.1, -0.05) is 6.92 Å². The van der Waals surface area contributed by atoms with Gasteiger partial charge in [-0.25, -0.2) is 0 Å². The standard InChI is InChI=1S/C11H21N5O/c1-5-13-6-9-8(2)14-16(4)11(9)15(3)7-10(12)17/h13H,5-7H2,1-4H3,(H2,12,17). The van der Waals surface area contributed by atoms with E-state index < -0.39 is 0 Å². The zero-order valence-electron chi connectivity index (χ0n) is 10.9.